The Morgan fingerprint density at radius 1 is 1.02 bits per heavy atom. The molecule has 1 fully saturated rings. The van der Waals surface area contributed by atoms with E-state index in [1.807, 2.05) is 0 Å². The molecule has 2 aliphatic heterocycles. The molecule has 0 unspecified atom stereocenters. The molecule has 43 heavy (non-hydrogen) atoms. The number of nitrogens with zero attached hydrogens (tertiary/aromatic N) is 2. The van der Waals surface area contributed by atoms with Crippen LogP contribution in [-0.4, -0.2) is 39.5 Å². The number of benzene rings is 3. The quantitative estimate of drug-likeness (QED) is 0.151. The number of rotatable bonds is 7. The molecule has 15 heteroatoms. The number of thioether (sulfide) groups is 1. The fourth-order valence-corrected chi connectivity index (χ4v) is 7.88. The van der Waals surface area contributed by atoms with E-state index in [4.69, 9.17) is 27.9 Å². The molecule has 0 saturated carbocycles. The summed E-state index contributed by atoms with van der Waals surface area (Å²) in [7, 11) is 0. The molecule has 2 aliphatic rings. The van der Waals surface area contributed by atoms with Crippen LogP contribution in [0.2, 0.25) is 10.0 Å². The third-order valence-corrected chi connectivity index (χ3v) is 10.1. The van der Waals surface area contributed by atoms with Crippen LogP contribution in [0.4, 0.5) is 17.1 Å². The monoisotopic (exact) mass is 656 g/mol. The second kappa shape index (κ2) is 11.5. The highest BCUT2D eigenvalue weighted by Gasteiger charge is 2.56. The minimum absolute atomic E-state index is 0.172. The zero-order valence-corrected chi connectivity index (χ0v) is 24.8. The summed E-state index contributed by atoms with van der Waals surface area (Å²) in [6.45, 7) is -0.329. The maximum absolute atomic E-state index is 13.9. The van der Waals surface area contributed by atoms with Crippen molar-refractivity contribution in [3.63, 3.8) is 0 Å². The zero-order chi connectivity index (χ0) is 30.4. The van der Waals surface area contributed by atoms with E-state index in [1.54, 1.807) is 36.4 Å². The molecule has 0 spiro atoms. The molecular formula is C28H18Cl2N4O7S2. The lowest BCUT2D eigenvalue weighted by atomic mass is 9.83. The molecule has 0 aliphatic carbocycles. The molecular weight excluding hydrogens is 639 g/mol. The molecule has 6 rings (SSSR count). The van der Waals surface area contributed by atoms with E-state index < -0.39 is 39.7 Å². The highest BCUT2D eigenvalue weighted by atomic mass is 35.5. The molecule has 3 atom stereocenters. The SMILES string of the molecule is O=C(COc1cccc([C@@H]2c3sc(=O)[nH]c3S[C@H]3C(=O)N(c4ccc([N+](=O)[O-])cc4)C(=O)[C@@H]23)c1)Nc1ccc(Cl)c(Cl)c1. The topological polar surface area (TPSA) is 152 Å². The third-order valence-electron chi connectivity index (χ3n) is 6.93. The van der Waals surface area contributed by atoms with Crippen LogP contribution in [-0.2, 0) is 14.4 Å². The number of anilines is 2. The van der Waals surface area contributed by atoms with Crippen LogP contribution in [0.5, 0.6) is 5.75 Å². The number of hydrogen-bond donors (Lipinski definition) is 2. The molecule has 3 amide bonds. The Hall–Kier alpha value is -4.17. The predicted molar refractivity (Wildman–Crippen MR) is 163 cm³/mol. The molecule has 0 bridgehead atoms. The number of non-ortho nitro benzene ring substituents is 1. The van der Waals surface area contributed by atoms with Crippen molar-refractivity contribution in [2.24, 2.45) is 5.92 Å². The van der Waals surface area contributed by atoms with Crippen molar-refractivity contribution < 1.29 is 24.0 Å². The summed E-state index contributed by atoms with van der Waals surface area (Å²) in [5.74, 6) is -2.61. The van der Waals surface area contributed by atoms with Crippen molar-refractivity contribution in [1.29, 1.82) is 0 Å². The van der Waals surface area contributed by atoms with Gasteiger partial charge in [0.15, 0.2) is 6.61 Å². The summed E-state index contributed by atoms with van der Waals surface area (Å²) in [6.07, 6.45) is 0. The van der Waals surface area contributed by atoms with Gasteiger partial charge in [-0.3, -0.25) is 29.3 Å². The second-order valence-electron chi connectivity index (χ2n) is 9.57. The maximum atomic E-state index is 13.9. The summed E-state index contributed by atoms with van der Waals surface area (Å²) in [6, 6.07) is 16.6. The molecule has 3 aromatic carbocycles. The van der Waals surface area contributed by atoms with E-state index in [2.05, 4.69) is 10.3 Å². The Balaban J connectivity index is 1.27. The number of thiazole rings is 1. The van der Waals surface area contributed by atoms with Gasteiger partial charge in [0.1, 0.15) is 11.0 Å². The minimum Gasteiger partial charge on any atom is -0.484 e. The average molecular weight is 658 g/mol. The second-order valence-corrected chi connectivity index (χ2v) is 12.6. The zero-order valence-electron chi connectivity index (χ0n) is 21.6. The summed E-state index contributed by atoms with van der Waals surface area (Å²) in [5.41, 5.74) is 1.10. The highest BCUT2D eigenvalue weighted by molar-refractivity contribution is 8.00. The number of carbonyl (C=O) groups is 3. The maximum Gasteiger partial charge on any atom is 0.305 e. The summed E-state index contributed by atoms with van der Waals surface area (Å²) < 4.78 is 5.74. The van der Waals surface area contributed by atoms with Crippen molar-refractivity contribution in [2.45, 2.75) is 16.2 Å². The summed E-state index contributed by atoms with van der Waals surface area (Å²) in [4.78, 5) is 66.9. The number of nitrogens with one attached hydrogen (secondary N) is 2. The molecule has 4 aromatic rings. The Labute approximate surface area is 260 Å². The lowest BCUT2D eigenvalue weighted by Crippen LogP contribution is -2.32. The smallest absolute Gasteiger partial charge is 0.305 e. The number of hydrogen-bond acceptors (Lipinski definition) is 9. The Kier molecular flexibility index (Phi) is 7.73. The fraction of sp³-hybridized carbons (Fsp3) is 0.143. The van der Waals surface area contributed by atoms with Crippen LogP contribution in [0.15, 0.2) is 76.6 Å². The number of amides is 3. The van der Waals surface area contributed by atoms with Crippen LogP contribution in [0.25, 0.3) is 0 Å². The van der Waals surface area contributed by atoms with Gasteiger partial charge < -0.3 is 15.0 Å². The van der Waals surface area contributed by atoms with E-state index in [9.17, 15) is 29.3 Å². The van der Waals surface area contributed by atoms with Gasteiger partial charge >= 0.3 is 4.87 Å². The Morgan fingerprint density at radius 3 is 2.51 bits per heavy atom. The fourth-order valence-electron chi connectivity index (χ4n) is 5.07. The molecule has 3 heterocycles. The van der Waals surface area contributed by atoms with Gasteiger partial charge in [-0.05, 0) is 48.0 Å². The molecule has 1 aromatic heterocycles. The number of halogens is 2. The number of carbonyl (C=O) groups excluding carboxylic acids is 3. The van der Waals surface area contributed by atoms with Crippen molar-refractivity contribution >= 4 is 81.1 Å². The number of nitro benzene ring substituents is 1. The summed E-state index contributed by atoms with van der Waals surface area (Å²) in [5, 5.41) is 14.1. The summed E-state index contributed by atoms with van der Waals surface area (Å²) >= 11 is 14.0. The number of nitro groups is 1. The minimum atomic E-state index is -0.861. The lowest BCUT2D eigenvalue weighted by Gasteiger charge is -2.30. The van der Waals surface area contributed by atoms with Crippen molar-refractivity contribution in [2.75, 3.05) is 16.8 Å². The number of aromatic amines is 1. The van der Waals surface area contributed by atoms with Crippen molar-refractivity contribution in [1.82, 2.24) is 4.98 Å². The van der Waals surface area contributed by atoms with Gasteiger partial charge in [-0.15, -0.1) is 0 Å². The number of imide groups is 1. The molecule has 1 saturated heterocycles. The first-order valence-corrected chi connectivity index (χ1v) is 15.1. The molecule has 218 valence electrons. The van der Waals surface area contributed by atoms with Gasteiger partial charge in [-0.25, -0.2) is 4.90 Å². The van der Waals surface area contributed by atoms with Gasteiger partial charge in [-0.2, -0.15) is 0 Å². The lowest BCUT2D eigenvalue weighted by molar-refractivity contribution is -0.384. The van der Waals surface area contributed by atoms with E-state index >= 15 is 0 Å². The molecule has 0 radical (unpaired) electrons. The van der Waals surface area contributed by atoms with E-state index in [-0.39, 0.29) is 27.9 Å². The van der Waals surface area contributed by atoms with Crippen molar-refractivity contribution in [3.05, 3.63) is 107 Å². The number of ether oxygens (including phenoxy) is 1. The van der Waals surface area contributed by atoms with Gasteiger partial charge in [0.2, 0.25) is 11.8 Å². The first-order chi connectivity index (χ1) is 20.6. The van der Waals surface area contributed by atoms with Gasteiger partial charge in [0.25, 0.3) is 11.6 Å². The average Bonchev–Trinajstić information content (AvgIpc) is 3.48. The van der Waals surface area contributed by atoms with Crippen molar-refractivity contribution in [3.8, 4) is 5.75 Å². The normalized spacial score (nSPS) is 19.1. The largest absolute Gasteiger partial charge is 0.484 e. The van der Waals surface area contributed by atoms with Crippen LogP contribution < -0.4 is 19.8 Å². The number of fused-ring (bicyclic) bond motifs is 2. The first-order valence-electron chi connectivity index (χ1n) is 12.6. The van der Waals surface area contributed by atoms with E-state index in [0.29, 0.717) is 31.9 Å². The van der Waals surface area contributed by atoms with Crippen LogP contribution in [0.1, 0.15) is 16.4 Å². The molecule has 11 nitrogen and oxygen atoms in total. The Morgan fingerprint density at radius 2 is 1.79 bits per heavy atom. The van der Waals surface area contributed by atoms with Crippen LogP contribution in [0, 0.1) is 16.0 Å². The van der Waals surface area contributed by atoms with Gasteiger partial charge in [0, 0.05) is 28.6 Å². The van der Waals surface area contributed by atoms with Crippen LogP contribution in [0.3, 0.4) is 0 Å². The van der Waals surface area contributed by atoms with Gasteiger partial charge in [0.05, 0.1) is 31.6 Å². The number of aromatic nitrogens is 1. The predicted octanol–water partition coefficient (Wildman–Crippen LogP) is 5.46. The van der Waals surface area contributed by atoms with E-state index in [1.165, 1.54) is 30.3 Å². The molecule has 2 N–H and O–H groups in total. The standard InChI is InChI=1S/C28H18Cl2N4O7S2/c29-18-9-4-14(11-19(18)30)31-20(35)12-41-17-3-1-2-13(10-17)21-22-24(42-25-23(21)43-28(38)32-25)27(37)33(26(22)36)15-5-7-16(8-6-15)34(39)40/h1-11,21-22,24H,12H2,(H,31,35)(H,32,38)/t21-,22-,24+/m0/s1. The highest BCUT2D eigenvalue weighted by Crippen LogP contribution is 2.53. The first kappa shape index (κ1) is 28.9. The van der Waals surface area contributed by atoms with E-state index in [0.717, 1.165) is 28.0 Å². The Bertz CT molecular complexity index is 1860. The number of H-pyrrole nitrogens is 1. The van der Waals surface area contributed by atoms with Gasteiger partial charge in [-0.1, -0.05) is 58.4 Å². The third kappa shape index (κ3) is 5.52. The van der Waals surface area contributed by atoms with Crippen LogP contribution >= 0.6 is 46.3 Å².